The fraction of sp³-hybridized carbons (Fsp3) is 0.462. The van der Waals surface area contributed by atoms with Crippen molar-refractivity contribution in [2.45, 2.75) is 13.3 Å². The predicted molar refractivity (Wildman–Crippen MR) is 76.1 cm³/mol. The summed E-state index contributed by atoms with van der Waals surface area (Å²) in [7, 11) is 1.87. The SMILES string of the molecule is CNc1ccc(C(=O)NCCCSC)c(C)c1. The Balaban J connectivity index is 2.57. The van der Waals surface area contributed by atoms with Crippen molar-refractivity contribution in [1.29, 1.82) is 0 Å². The third kappa shape index (κ3) is 4.30. The van der Waals surface area contributed by atoms with Crippen LogP contribution in [0, 0.1) is 6.92 Å². The van der Waals surface area contributed by atoms with Crippen molar-refractivity contribution in [2.75, 3.05) is 30.9 Å². The van der Waals surface area contributed by atoms with Gasteiger partial charge in [-0.2, -0.15) is 11.8 Å². The van der Waals surface area contributed by atoms with Gasteiger partial charge in [0, 0.05) is 24.8 Å². The number of anilines is 1. The molecule has 1 aromatic rings. The maximum atomic E-state index is 11.9. The maximum absolute atomic E-state index is 11.9. The Labute approximate surface area is 107 Å². The lowest BCUT2D eigenvalue weighted by molar-refractivity contribution is 0.0953. The van der Waals surface area contributed by atoms with E-state index >= 15 is 0 Å². The number of hydrogen-bond acceptors (Lipinski definition) is 3. The molecule has 4 heteroatoms. The molecule has 1 aromatic carbocycles. The lowest BCUT2D eigenvalue weighted by Crippen LogP contribution is -2.25. The van der Waals surface area contributed by atoms with Gasteiger partial charge in [0.25, 0.3) is 5.91 Å². The highest BCUT2D eigenvalue weighted by Crippen LogP contribution is 2.14. The van der Waals surface area contributed by atoms with Gasteiger partial charge in [-0.25, -0.2) is 0 Å². The minimum Gasteiger partial charge on any atom is -0.388 e. The number of nitrogens with one attached hydrogen (secondary N) is 2. The molecule has 0 saturated carbocycles. The van der Waals surface area contributed by atoms with Gasteiger partial charge in [0.1, 0.15) is 0 Å². The summed E-state index contributed by atoms with van der Waals surface area (Å²) in [6.45, 7) is 2.70. The summed E-state index contributed by atoms with van der Waals surface area (Å²) in [5, 5.41) is 6.00. The van der Waals surface area contributed by atoms with Crippen LogP contribution in [-0.4, -0.2) is 31.5 Å². The molecule has 2 N–H and O–H groups in total. The van der Waals surface area contributed by atoms with E-state index in [9.17, 15) is 4.79 Å². The fourth-order valence-corrected chi connectivity index (χ4v) is 2.02. The van der Waals surface area contributed by atoms with Gasteiger partial charge in [0.2, 0.25) is 0 Å². The fourth-order valence-electron chi connectivity index (χ4n) is 1.59. The molecule has 0 aliphatic carbocycles. The predicted octanol–water partition coefficient (Wildman–Crippen LogP) is 2.52. The summed E-state index contributed by atoms with van der Waals surface area (Å²) in [6, 6.07) is 5.77. The van der Waals surface area contributed by atoms with E-state index in [0.29, 0.717) is 0 Å². The first kappa shape index (κ1) is 13.9. The molecule has 0 unspecified atom stereocenters. The van der Waals surface area contributed by atoms with Crippen molar-refractivity contribution in [3.63, 3.8) is 0 Å². The first-order valence-electron chi connectivity index (χ1n) is 5.74. The van der Waals surface area contributed by atoms with E-state index in [4.69, 9.17) is 0 Å². The van der Waals surface area contributed by atoms with Crippen molar-refractivity contribution in [3.05, 3.63) is 29.3 Å². The monoisotopic (exact) mass is 252 g/mol. The Morgan fingerprint density at radius 1 is 1.41 bits per heavy atom. The van der Waals surface area contributed by atoms with Crippen LogP contribution in [0.5, 0.6) is 0 Å². The van der Waals surface area contributed by atoms with Gasteiger partial charge in [0.15, 0.2) is 0 Å². The minimum atomic E-state index is 0.0197. The highest BCUT2D eigenvalue weighted by atomic mass is 32.2. The smallest absolute Gasteiger partial charge is 0.251 e. The number of hydrogen-bond donors (Lipinski definition) is 2. The lowest BCUT2D eigenvalue weighted by Gasteiger charge is -2.09. The van der Waals surface area contributed by atoms with E-state index in [-0.39, 0.29) is 5.91 Å². The quantitative estimate of drug-likeness (QED) is 0.764. The van der Waals surface area contributed by atoms with Gasteiger partial charge < -0.3 is 10.6 Å². The topological polar surface area (TPSA) is 41.1 Å². The standard InChI is InChI=1S/C13H20N2OS/c1-10-9-11(14-2)5-6-12(10)13(16)15-7-4-8-17-3/h5-6,9,14H,4,7-8H2,1-3H3,(H,15,16). The molecule has 0 atom stereocenters. The van der Waals surface area contributed by atoms with Gasteiger partial charge >= 0.3 is 0 Å². The molecular weight excluding hydrogens is 232 g/mol. The van der Waals surface area contributed by atoms with Crippen molar-refractivity contribution >= 4 is 23.4 Å². The number of benzene rings is 1. The number of rotatable bonds is 6. The summed E-state index contributed by atoms with van der Waals surface area (Å²) in [5.74, 6) is 1.10. The Hall–Kier alpha value is -1.16. The normalized spacial score (nSPS) is 10.1. The average Bonchev–Trinajstić information content (AvgIpc) is 2.34. The molecule has 1 rings (SSSR count). The van der Waals surface area contributed by atoms with Crippen LogP contribution >= 0.6 is 11.8 Å². The Morgan fingerprint density at radius 2 is 2.18 bits per heavy atom. The summed E-state index contributed by atoms with van der Waals surface area (Å²) in [5.41, 5.74) is 2.79. The molecule has 0 aliphatic heterocycles. The molecule has 0 saturated heterocycles. The van der Waals surface area contributed by atoms with Crippen molar-refractivity contribution in [1.82, 2.24) is 5.32 Å². The molecule has 1 amide bonds. The minimum absolute atomic E-state index is 0.0197. The van der Waals surface area contributed by atoms with Gasteiger partial charge in [-0.05, 0) is 49.1 Å². The van der Waals surface area contributed by atoms with E-state index in [1.165, 1.54) is 0 Å². The molecule has 0 heterocycles. The van der Waals surface area contributed by atoms with Crippen LogP contribution in [0.3, 0.4) is 0 Å². The van der Waals surface area contributed by atoms with Crippen LogP contribution in [0.25, 0.3) is 0 Å². The Kier molecular flexibility index (Phi) is 5.91. The second kappa shape index (κ2) is 7.22. The number of aryl methyl sites for hydroxylation is 1. The summed E-state index contributed by atoms with van der Waals surface area (Å²) in [6.07, 6.45) is 3.09. The highest BCUT2D eigenvalue weighted by molar-refractivity contribution is 7.98. The van der Waals surface area contributed by atoms with Crippen molar-refractivity contribution in [2.24, 2.45) is 0 Å². The summed E-state index contributed by atoms with van der Waals surface area (Å²) in [4.78, 5) is 11.9. The van der Waals surface area contributed by atoms with E-state index < -0.39 is 0 Å². The molecule has 17 heavy (non-hydrogen) atoms. The second-order valence-corrected chi connectivity index (χ2v) is 4.87. The van der Waals surface area contributed by atoms with E-state index in [1.54, 1.807) is 11.8 Å². The first-order chi connectivity index (χ1) is 8.19. The third-order valence-electron chi connectivity index (χ3n) is 2.57. The third-order valence-corrected chi connectivity index (χ3v) is 3.27. The molecule has 0 spiro atoms. The maximum Gasteiger partial charge on any atom is 0.251 e. The number of thioether (sulfide) groups is 1. The molecule has 0 aromatic heterocycles. The van der Waals surface area contributed by atoms with E-state index in [2.05, 4.69) is 16.9 Å². The van der Waals surface area contributed by atoms with Crippen LogP contribution in [0.2, 0.25) is 0 Å². The van der Waals surface area contributed by atoms with Crippen LogP contribution in [0.4, 0.5) is 5.69 Å². The summed E-state index contributed by atoms with van der Waals surface area (Å²) < 4.78 is 0. The largest absolute Gasteiger partial charge is 0.388 e. The zero-order valence-corrected chi connectivity index (χ0v) is 11.5. The average molecular weight is 252 g/mol. The van der Waals surface area contributed by atoms with Crippen LogP contribution in [-0.2, 0) is 0 Å². The van der Waals surface area contributed by atoms with E-state index in [1.807, 2.05) is 32.2 Å². The van der Waals surface area contributed by atoms with Gasteiger partial charge in [0.05, 0.1) is 0 Å². The van der Waals surface area contributed by atoms with Crippen LogP contribution < -0.4 is 10.6 Å². The second-order valence-electron chi connectivity index (χ2n) is 3.88. The van der Waals surface area contributed by atoms with Crippen molar-refractivity contribution < 1.29 is 4.79 Å². The van der Waals surface area contributed by atoms with Crippen LogP contribution in [0.15, 0.2) is 18.2 Å². The molecule has 94 valence electrons. The number of carbonyl (C=O) groups excluding carboxylic acids is 1. The molecular formula is C13H20N2OS. The molecule has 3 nitrogen and oxygen atoms in total. The molecule has 0 aliphatic rings. The number of amides is 1. The van der Waals surface area contributed by atoms with Gasteiger partial charge in [-0.15, -0.1) is 0 Å². The molecule has 0 fully saturated rings. The van der Waals surface area contributed by atoms with Crippen molar-refractivity contribution in [3.8, 4) is 0 Å². The molecule has 0 bridgehead atoms. The van der Waals surface area contributed by atoms with Gasteiger partial charge in [-0.1, -0.05) is 0 Å². The Bertz CT molecular complexity index is 380. The zero-order chi connectivity index (χ0) is 12.7. The van der Waals surface area contributed by atoms with Gasteiger partial charge in [-0.3, -0.25) is 4.79 Å². The molecule has 0 radical (unpaired) electrons. The van der Waals surface area contributed by atoms with Crippen LogP contribution in [0.1, 0.15) is 22.3 Å². The van der Waals surface area contributed by atoms with E-state index in [0.717, 1.165) is 35.5 Å². The summed E-state index contributed by atoms with van der Waals surface area (Å²) >= 11 is 1.80. The lowest BCUT2D eigenvalue weighted by atomic mass is 10.1. The highest BCUT2D eigenvalue weighted by Gasteiger charge is 2.08. The zero-order valence-electron chi connectivity index (χ0n) is 10.7. The first-order valence-corrected chi connectivity index (χ1v) is 7.14. The Morgan fingerprint density at radius 3 is 2.76 bits per heavy atom. The number of carbonyl (C=O) groups is 1.